The van der Waals surface area contributed by atoms with Crippen molar-refractivity contribution in [1.29, 1.82) is 0 Å². The molecular weight excluding hydrogens is 338 g/mol. The average Bonchev–Trinajstić information content (AvgIpc) is 3.37. The van der Waals surface area contributed by atoms with Gasteiger partial charge in [0.25, 0.3) is 0 Å². The lowest BCUT2D eigenvalue weighted by atomic mass is 10.0. The number of hydrogen-bond donors (Lipinski definition) is 1. The molecule has 2 aliphatic rings. The van der Waals surface area contributed by atoms with Crippen LogP contribution in [-0.4, -0.2) is 37.9 Å². The number of carbonyl (C=O) groups is 1. The van der Waals surface area contributed by atoms with Crippen LogP contribution in [0.5, 0.6) is 0 Å². The largest absolute Gasteiger partial charge is 0.328 e. The first-order chi connectivity index (χ1) is 13.3. The highest BCUT2D eigenvalue weighted by atomic mass is 16.1. The zero-order valence-electron chi connectivity index (χ0n) is 15.3. The van der Waals surface area contributed by atoms with E-state index < -0.39 is 0 Å². The molecule has 5 heterocycles. The molecule has 138 valence electrons. The molecule has 0 aromatic carbocycles. The van der Waals surface area contributed by atoms with Gasteiger partial charge in [-0.1, -0.05) is 0 Å². The van der Waals surface area contributed by atoms with Gasteiger partial charge < -0.3 is 9.88 Å². The van der Waals surface area contributed by atoms with E-state index in [1.165, 1.54) is 18.7 Å². The summed E-state index contributed by atoms with van der Waals surface area (Å²) in [6, 6.07) is 4.14. The van der Waals surface area contributed by atoms with E-state index in [0.717, 1.165) is 60.2 Å². The smallest absolute Gasteiger partial charge is 0.155 e. The van der Waals surface area contributed by atoms with Gasteiger partial charge >= 0.3 is 0 Å². The second-order valence-electron chi connectivity index (χ2n) is 7.55. The van der Waals surface area contributed by atoms with E-state index in [2.05, 4.69) is 30.9 Å². The summed E-state index contributed by atoms with van der Waals surface area (Å²) in [5.74, 6) is 1.40. The summed E-state index contributed by atoms with van der Waals surface area (Å²) in [4.78, 5) is 26.1. The number of nitrogens with zero attached hydrogens (tertiary/aromatic N) is 4. The molecular formula is C21H23N5O. The fourth-order valence-electron chi connectivity index (χ4n) is 4.22. The van der Waals surface area contributed by atoms with Crippen molar-refractivity contribution >= 4 is 16.7 Å². The minimum atomic E-state index is -0.00901. The number of pyridine rings is 2. The molecule has 0 saturated carbocycles. The Labute approximate surface area is 158 Å². The molecule has 3 aromatic heterocycles. The van der Waals surface area contributed by atoms with Gasteiger partial charge in [-0.25, -0.2) is 4.98 Å². The van der Waals surface area contributed by atoms with E-state index in [1.807, 2.05) is 18.5 Å². The van der Waals surface area contributed by atoms with E-state index >= 15 is 0 Å². The van der Waals surface area contributed by atoms with Crippen LogP contribution in [0.1, 0.15) is 37.2 Å². The first-order valence-electron chi connectivity index (χ1n) is 9.83. The maximum absolute atomic E-state index is 12.4. The molecule has 0 unspecified atom stereocenters. The predicted molar refractivity (Wildman–Crippen MR) is 103 cm³/mol. The topological polar surface area (TPSA) is 72.7 Å². The van der Waals surface area contributed by atoms with Crippen molar-refractivity contribution in [2.45, 2.75) is 51.1 Å². The summed E-state index contributed by atoms with van der Waals surface area (Å²) in [6.07, 6.45) is 11.5. The van der Waals surface area contributed by atoms with Crippen molar-refractivity contribution in [3.63, 3.8) is 0 Å². The average molecular weight is 361 g/mol. The number of nitrogens with one attached hydrogen (secondary N) is 1. The third kappa shape index (κ3) is 3.14. The van der Waals surface area contributed by atoms with Crippen LogP contribution >= 0.6 is 0 Å². The van der Waals surface area contributed by atoms with Crippen molar-refractivity contribution in [1.82, 2.24) is 24.8 Å². The number of Topliss-reactive ketones (excluding diaryl/α,β-unsaturated/α-hetero) is 1. The number of aromatic nitrogens is 4. The van der Waals surface area contributed by atoms with Crippen molar-refractivity contribution in [2.24, 2.45) is 0 Å². The molecule has 6 heteroatoms. The van der Waals surface area contributed by atoms with Gasteiger partial charge in [-0.15, -0.1) is 0 Å². The van der Waals surface area contributed by atoms with Crippen molar-refractivity contribution in [2.75, 3.05) is 6.54 Å². The number of fused-ring (bicyclic) bond motifs is 2. The zero-order valence-corrected chi connectivity index (χ0v) is 15.3. The highest BCUT2D eigenvalue weighted by Gasteiger charge is 2.22. The van der Waals surface area contributed by atoms with Gasteiger partial charge in [-0.3, -0.25) is 14.8 Å². The molecule has 1 fully saturated rings. The second-order valence-corrected chi connectivity index (χ2v) is 7.55. The Morgan fingerprint density at radius 1 is 1.11 bits per heavy atom. The van der Waals surface area contributed by atoms with Crippen LogP contribution in [0, 0.1) is 0 Å². The molecule has 2 aliphatic heterocycles. The van der Waals surface area contributed by atoms with Crippen LogP contribution in [0.15, 0.2) is 30.7 Å². The van der Waals surface area contributed by atoms with Gasteiger partial charge in [0.2, 0.25) is 0 Å². The standard InChI is InChI=1S/C21H23N5O/c27-20(17-4-3-6-22-17)10-16-9-14-8-15(11-24-18(14)12-23-16)19-13-25-21-5-1-2-7-26(19)21/h8-9,11-13,17,22H,1-7,10H2/t17-/m1/s1. The Morgan fingerprint density at radius 3 is 2.96 bits per heavy atom. The summed E-state index contributed by atoms with van der Waals surface area (Å²) in [7, 11) is 0. The van der Waals surface area contributed by atoms with Crippen LogP contribution in [0.25, 0.3) is 22.2 Å². The minimum absolute atomic E-state index is 0.00901. The Kier molecular flexibility index (Phi) is 4.20. The molecule has 0 amide bonds. The quantitative estimate of drug-likeness (QED) is 0.773. The Hall–Kier alpha value is -2.60. The minimum Gasteiger partial charge on any atom is -0.328 e. The summed E-state index contributed by atoms with van der Waals surface area (Å²) < 4.78 is 2.31. The fraction of sp³-hybridized carbons (Fsp3) is 0.429. The van der Waals surface area contributed by atoms with Gasteiger partial charge in [0.15, 0.2) is 5.78 Å². The van der Waals surface area contributed by atoms with Crippen molar-refractivity contribution in [3.8, 4) is 11.3 Å². The third-order valence-electron chi connectivity index (χ3n) is 5.69. The van der Waals surface area contributed by atoms with E-state index in [4.69, 9.17) is 0 Å². The van der Waals surface area contributed by atoms with E-state index in [9.17, 15) is 4.79 Å². The molecule has 0 aliphatic carbocycles. The highest BCUT2D eigenvalue weighted by Crippen LogP contribution is 2.27. The van der Waals surface area contributed by atoms with Crippen LogP contribution < -0.4 is 5.32 Å². The molecule has 5 rings (SSSR count). The van der Waals surface area contributed by atoms with Gasteiger partial charge in [0.1, 0.15) is 5.82 Å². The summed E-state index contributed by atoms with van der Waals surface area (Å²) >= 11 is 0. The SMILES string of the molecule is O=C(Cc1cc2cc(-c3cnc4n3CCCC4)cnc2cn1)[C@H]1CCCN1. The van der Waals surface area contributed by atoms with Crippen molar-refractivity contribution in [3.05, 3.63) is 42.2 Å². The Balaban J connectivity index is 1.46. The number of carbonyl (C=O) groups excluding carboxylic acids is 1. The van der Waals surface area contributed by atoms with E-state index in [0.29, 0.717) is 6.42 Å². The lowest BCUT2D eigenvalue weighted by Crippen LogP contribution is -2.32. The van der Waals surface area contributed by atoms with Crippen molar-refractivity contribution < 1.29 is 4.79 Å². The number of imidazole rings is 1. The summed E-state index contributed by atoms with van der Waals surface area (Å²) in [5, 5.41) is 4.30. The molecule has 0 radical (unpaired) electrons. The van der Waals surface area contributed by atoms with Gasteiger partial charge in [0.05, 0.1) is 36.1 Å². The zero-order chi connectivity index (χ0) is 18.2. The van der Waals surface area contributed by atoms with Crippen LogP contribution in [0.2, 0.25) is 0 Å². The summed E-state index contributed by atoms with van der Waals surface area (Å²) in [5.41, 5.74) is 3.87. The first kappa shape index (κ1) is 16.6. The molecule has 0 bridgehead atoms. The van der Waals surface area contributed by atoms with Gasteiger partial charge in [-0.2, -0.15) is 0 Å². The van der Waals surface area contributed by atoms with Crippen LogP contribution in [0.4, 0.5) is 0 Å². The monoisotopic (exact) mass is 361 g/mol. The van der Waals surface area contributed by atoms with E-state index in [1.54, 1.807) is 6.20 Å². The lowest BCUT2D eigenvalue weighted by Gasteiger charge is -2.16. The first-order valence-corrected chi connectivity index (χ1v) is 9.83. The number of hydrogen-bond acceptors (Lipinski definition) is 5. The highest BCUT2D eigenvalue weighted by molar-refractivity contribution is 5.88. The number of aryl methyl sites for hydroxylation is 1. The Bertz CT molecular complexity index is 1000. The molecule has 1 N–H and O–H groups in total. The number of ketones is 1. The number of rotatable bonds is 4. The molecule has 0 spiro atoms. The maximum Gasteiger partial charge on any atom is 0.155 e. The van der Waals surface area contributed by atoms with Crippen LogP contribution in [-0.2, 0) is 24.2 Å². The van der Waals surface area contributed by atoms with Gasteiger partial charge in [-0.05, 0) is 44.4 Å². The fourth-order valence-corrected chi connectivity index (χ4v) is 4.22. The predicted octanol–water partition coefficient (Wildman–Crippen LogP) is 2.69. The normalized spacial score (nSPS) is 19.3. The molecule has 27 heavy (non-hydrogen) atoms. The van der Waals surface area contributed by atoms with E-state index in [-0.39, 0.29) is 11.8 Å². The maximum atomic E-state index is 12.4. The second kappa shape index (κ2) is 6.85. The summed E-state index contributed by atoms with van der Waals surface area (Å²) in [6.45, 7) is 1.96. The molecule has 3 aromatic rings. The van der Waals surface area contributed by atoms with Crippen LogP contribution in [0.3, 0.4) is 0 Å². The third-order valence-corrected chi connectivity index (χ3v) is 5.69. The molecule has 1 saturated heterocycles. The molecule has 6 nitrogen and oxygen atoms in total. The Morgan fingerprint density at radius 2 is 2.07 bits per heavy atom. The molecule has 1 atom stereocenters. The lowest BCUT2D eigenvalue weighted by molar-refractivity contribution is -0.120. The van der Waals surface area contributed by atoms with Gasteiger partial charge in [0, 0.05) is 35.8 Å².